The summed E-state index contributed by atoms with van der Waals surface area (Å²) in [6, 6.07) is 2.95. The fraction of sp³-hybridized carbons (Fsp3) is 0.438. The van der Waals surface area contributed by atoms with Gasteiger partial charge >= 0.3 is 12.1 Å². The van der Waals surface area contributed by atoms with Gasteiger partial charge in [0.25, 0.3) is 0 Å². The number of aliphatic carboxylic acids is 1. The first-order valence-corrected chi connectivity index (χ1v) is 10.5. The van der Waals surface area contributed by atoms with Gasteiger partial charge in [-0.2, -0.15) is 18.2 Å². The number of carbonyl (C=O) groups is 1. The third-order valence-corrected chi connectivity index (χ3v) is 5.74. The Balaban J connectivity index is 0.000000423. The van der Waals surface area contributed by atoms with Gasteiger partial charge in [-0.3, -0.25) is 0 Å². The first-order valence-electron chi connectivity index (χ1n) is 8.63. The molecule has 1 saturated heterocycles. The quantitative estimate of drug-likeness (QED) is 0.528. The van der Waals surface area contributed by atoms with Gasteiger partial charge in [-0.15, -0.1) is 0 Å². The summed E-state index contributed by atoms with van der Waals surface area (Å²) in [5.41, 5.74) is 0. The number of hydrogen-bond donors (Lipinski definition) is 3. The molecule has 1 aromatic heterocycles. The van der Waals surface area contributed by atoms with Crippen molar-refractivity contribution in [2.75, 3.05) is 6.54 Å². The Morgan fingerprint density at radius 2 is 2.06 bits per heavy atom. The zero-order chi connectivity index (χ0) is 23.4. The Hall–Kier alpha value is -2.29. The monoisotopic (exact) mass is 488 g/mol. The molecule has 2 unspecified atom stereocenters. The number of benzene rings is 1. The van der Waals surface area contributed by atoms with Crippen molar-refractivity contribution in [2.45, 2.75) is 42.9 Å². The smallest absolute Gasteiger partial charge is 0.475 e. The van der Waals surface area contributed by atoms with E-state index in [0.29, 0.717) is 11.7 Å². The first-order chi connectivity index (χ1) is 14.3. The SMILES string of the molecule is CC(Cc1nc(C2CCN2)no1)NS(=O)(=O)c1ccc(Cl)cc1F.O=C(O)C(F)(F)F. The second-order valence-corrected chi connectivity index (χ2v) is 8.56. The average molecular weight is 489 g/mol. The minimum atomic E-state index is -5.08. The molecule has 172 valence electrons. The highest BCUT2D eigenvalue weighted by atomic mass is 35.5. The third kappa shape index (κ3) is 7.12. The number of aromatic nitrogens is 2. The highest BCUT2D eigenvalue weighted by Gasteiger charge is 2.38. The zero-order valence-electron chi connectivity index (χ0n) is 15.8. The van der Waals surface area contributed by atoms with Crippen molar-refractivity contribution >= 4 is 27.6 Å². The molecular formula is C16H17ClF4N4O5S. The Bertz CT molecular complexity index is 1030. The molecule has 1 aromatic carbocycles. The number of nitrogens with zero attached hydrogens (tertiary/aromatic N) is 2. The van der Waals surface area contributed by atoms with Crippen LogP contribution < -0.4 is 10.0 Å². The lowest BCUT2D eigenvalue weighted by Crippen LogP contribution is -2.36. The first kappa shape index (κ1) is 25.0. The molecule has 3 N–H and O–H groups in total. The molecule has 1 aliphatic rings. The highest BCUT2D eigenvalue weighted by Crippen LogP contribution is 2.21. The van der Waals surface area contributed by atoms with E-state index < -0.39 is 38.9 Å². The van der Waals surface area contributed by atoms with E-state index in [4.69, 9.17) is 26.0 Å². The molecule has 1 fully saturated rings. The van der Waals surface area contributed by atoms with Crippen LogP contribution >= 0.6 is 11.6 Å². The predicted octanol–water partition coefficient (Wildman–Crippen LogP) is 2.44. The normalized spacial score (nSPS) is 17.3. The van der Waals surface area contributed by atoms with Crippen molar-refractivity contribution in [3.8, 4) is 0 Å². The summed E-state index contributed by atoms with van der Waals surface area (Å²) in [7, 11) is -4.02. The van der Waals surface area contributed by atoms with Crippen LogP contribution in [0.2, 0.25) is 5.02 Å². The number of carboxylic acids is 1. The lowest BCUT2D eigenvalue weighted by molar-refractivity contribution is -0.192. The molecule has 2 atom stereocenters. The van der Waals surface area contributed by atoms with E-state index in [2.05, 4.69) is 20.2 Å². The van der Waals surface area contributed by atoms with Crippen molar-refractivity contribution in [3.63, 3.8) is 0 Å². The van der Waals surface area contributed by atoms with E-state index in [1.54, 1.807) is 6.92 Å². The maximum Gasteiger partial charge on any atom is 0.490 e. The Kier molecular flexibility index (Phi) is 7.97. The summed E-state index contributed by atoms with van der Waals surface area (Å²) in [6.07, 6.45) is -3.94. The Morgan fingerprint density at radius 3 is 2.55 bits per heavy atom. The topological polar surface area (TPSA) is 134 Å². The van der Waals surface area contributed by atoms with Gasteiger partial charge in [0.15, 0.2) is 5.82 Å². The maximum atomic E-state index is 13.8. The van der Waals surface area contributed by atoms with E-state index in [1.807, 2.05) is 0 Å². The minimum Gasteiger partial charge on any atom is -0.475 e. The van der Waals surface area contributed by atoms with Crippen molar-refractivity contribution in [3.05, 3.63) is 40.8 Å². The summed E-state index contributed by atoms with van der Waals surface area (Å²) < 4.78 is 77.6. The van der Waals surface area contributed by atoms with E-state index >= 15 is 0 Å². The van der Waals surface area contributed by atoms with E-state index in [9.17, 15) is 26.0 Å². The van der Waals surface area contributed by atoms with E-state index in [0.717, 1.165) is 25.1 Å². The number of hydrogen-bond acceptors (Lipinski definition) is 7. The molecule has 15 heteroatoms. The highest BCUT2D eigenvalue weighted by molar-refractivity contribution is 7.89. The van der Waals surface area contributed by atoms with Crippen molar-refractivity contribution in [2.24, 2.45) is 0 Å². The maximum absolute atomic E-state index is 13.8. The van der Waals surface area contributed by atoms with Crippen LogP contribution in [-0.4, -0.2) is 48.4 Å². The number of halogens is 5. The molecule has 2 heterocycles. The van der Waals surface area contributed by atoms with Crippen LogP contribution in [-0.2, 0) is 21.2 Å². The van der Waals surface area contributed by atoms with Gasteiger partial charge in [0.05, 0.1) is 6.04 Å². The van der Waals surface area contributed by atoms with Crippen LogP contribution in [0.15, 0.2) is 27.6 Å². The van der Waals surface area contributed by atoms with Gasteiger partial charge in [0.1, 0.15) is 10.7 Å². The third-order valence-electron chi connectivity index (χ3n) is 3.88. The molecular weight excluding hydrogens is 472 g/mol. The second kappa shape index (κ2) is 9.89. The standard InChI is InChI=1S/C14H16ClFN4O3S.C2HF3O2/c1-8(6-13-18-14(19-23-13)11-4-5-17-11)20-24(21,22)12-3-2-9(15)7-10(12)16;3-2(4,5)1(6)7/h2-3,7-8,11,17,20H,4-6H2,1H3;(H,6,7). The van der Waals surface area contributed by atoms with E-state index in [-0.39, 0.29) is 17.5 Å². The molecule has 0 spiro atoms. The van der Waals surface area contributed by atoms with Gasteiger partial charge in [-0.05, 0) is 38.1 Å². The van der Waals surface area contributed by atoms with Crippen LogP contribution in [0.1, 0.15) is 31.1 Å². The van der Waals surface area contributed by atoms with Gasteiger partial charge in [0.2, 0.25) is 15.9 Å². The summed E-state index contributed by atoms with van der Waals surface area (Å²) in [5, 5.41) is 14.3. The molecule has 0 amide bonds. The molecule has 0 bridgehead atoms. The van der Waals surface area contributed by atoms with Crippen molar-refractivity contribution < 1.29 is 40.4 Å². The van der Waals surface area contributed by atoms with Crippen molar-refractivity contribution in [1.29, 1.82) is 0 Å². The average Bonchev–Trinajstić information content (AvgIpc) is 2.99. The van der Waals surface area contributed by atoms with Crippen LogP contribution in [0.3, 0.4) is 0 Å². The number of carboxylic acid groups (broad SMARTS) is 1. The summed E-state index contributed by atoms with van der Waals surface area (Å²) in [4.78, 5) is 12.7. The number of sulfonamides is 1. The molecule has 31 heavy (non-hydrogen) atoms. The lowest BCUT2D eigenvalue weighted by atomic mass is 10.1. The fourth-order valence-electron chi connectivity index (χ4n) is 2.33. The predicted molar refractivity (Wildman–Crippen MR) is 98.2 cm³/mol. The fourth-order valence-corrected chi connectivity index (χ4v) is 3.79. The van der Waals surface area contributed by atoms with Crippen LogP contribution in [0, 0.1) is 5.82 Å². The Morgan fingerprint density at radius 1 is 1.45 bits per heavy atom. The summed E-state index contributed by atoms with van der Waals surface area (Å²) >= 11 is 5.64. The molecule has 1 aliphatic heterocycles. The van der Waals surface area contributed by atoms with Gasteiger partial charge in [-0.25, -0.2) is 22.3 Å². The molecule has 0 aliphatic carbocycles. The van der Waals surface area contributed by atoms with Crippen LogP contribution in [0.4, 0.5) is 17.6 Å². The summed E-state index contributed by atoms with van der Waals surface area (Å²) in [5.74, 6) is -2.77. The van der Waals surface area contributed by atoms with Crippen LogP contribution in [0.25, 0.3) is 0 Å². The van der Waals surface area contributed by atoms with Gasteiger partial charge < -0.3 is 14.9 Å². The molecule has 2 aromatic rings. The Labute approximate surface area is 178 Å². The largest absolute Gasteiger partial charge is 0.490 e. The lowest BCUT2D eigenvalue weighted by Gasteiger charge is -2.23. The van der Waals surface area contributed by atoms with Crippen LogP contribution in [0.5, 0.6) is 0 Å². The molecule has 0 radical (unpaired) electrons. The molecule has 9 nitrogen and oxygen atoms in total. The van der Waals surface area contributed by atoms with E-state index in [1.165, 1.54) is 6.07 Å². The minimum absolute atomic E-state index is 0.0951. The summed E-state index contributed by atoms with van der Waals surface area (Å²) in [6.45, 7) is 2.55. The zero-order valence-corrected chi connectivity index (χ0v) is 17.4. The molecule has 3 rings (SSSR count). The second-order valence-electron chi connectivity index (χ2n) is 6.45. The number of rotatable bonds is 6. The number of alkyl halides is 3. The molecule has 0 saturated carbocycles. The van der Waals surface area contributed by atoms with Crippen molar-refractivity contribution in [1.82, 2.24) is 20.2 Å². The number of nitrogens with one attached hydrogen (secondary N) is 2. The van der Waals surface area contributed by atoms with Gasteiger partial charge in [-0.1, -0.05) is 16.8 Å². The van der Waals surface area contributed by atoms with Gasteiger partial charge in [0, 0.05) is 17.5 Å².